The van der Waals surface area contributed by atoms with Crippen molar-refractivity contribution in [2.75, 3.05) is 40.3 Å². The van der Waals surface area contributed by atoms with E-state index < -0.39 is 0 Å². The minimum Gasteiger partial charge on any atom is -0.497 e. The van der Waals surface area contributed by atoms with E-state index in [0.717, 1.165) is 48.3 Å². The number of hydrogen-bond acceptors (Lipinski definition) is 3. The van der Waals surface area contributed by atoms with Crippen LogP contribution in [0.25, 0.3) is 16.8 Å². The molecular formula is C19H24N3O2+. The molecule has 0 radical (unpaired) electrons. The van der Waals surface area contributed by atoms with Crippen LogP contribution in [0.15, 0.2) is 42.5 Å². The van der Waals surface area contributed by atoms with E-state index >= 15 is 0 Å². The van der Waals surface area contributed by atoms with Crippen LogP contribution in [0.1, 0.15) is 5.56 Å². The number of likely N-dealkylation sites (N-methyl/N-ethyl adjacent to an activating group) is 1. The van der Waals surface area contributed by atoms with Crippen LogP contribution in [-0.4, -0.2) is 51.3 Å². The minimum absolute atomic E-state index is 0.0793. The summed E-state index contributed by atoms with van der Waals surface area (Å²) in [4.78, 5) is 13.6. The van der Waals surface area contributed by atoms with Crippen LogP contribution >= 0.6 is 0 Å². The van der Waals surface area contributed by atoms with Gasteiger partial charge in [-0.2, -0.15) is 0 Å². The van der Waals surface area contributed by atoms with Crippen LogP contribution in [0.2, 0.25) is 0 Å². The number of benzene rings is 2. The van der Waals surface area contributed by atoms with Gasteiger partial charge in [0.15, 0.2) is 0 Å². The number of carbonyl (C=O) groups is 1. The molecule has 1 amide bonds. The van der Waals surface area contributed by atoms with Crippen molar-refractivity contribution in [2.45, 2.75) is 0 Å². The third-order valence-electron chi connectivity index (χ3n) is 4.38. The van der Waals surface area contributed by atoms with Gasteiger partial charge in [-0.25, -0.2) is 5.01 Å². The molecule has 0 saturated carbocycles. The van der Waals surface area contributed by atoms with Gasteiger partial charge in [0.25, 0.3) is 5.91 Å². The van der Waals surface area contributed by atoms with E-state index in [1.54, 1.807) is 13.2 Å². The fourth-order valence-electron chi connectivity index (χ4n) is 2.84. The van der Waals surface area contributed by atoms with Gasteiger partial charge < -0.3 is 9.64 Å². The lowest BCUT2D eigenvalue weighted by molar-refractivity contribution is -0.884. The molecule has 126 valence electrons. The highest BCUT2D eigenvalue weighted by molar-refractivity contribution is 5.92. The van der Waals surface area contributed by atoms with E-state index in [1.165, 1.54) is 4.90 Å². The summed E-state index contributed by atoms with van der Waals surface area (Å²) in [5, 5.41) is 4.24. The first kappa shape index (κ1) is 16.5. The van der Waals surface area contributed by atoms with E-state index in [-0.39, 0.29) is 5.91 Å². The fraction of sp³-hybridized carbons (Fsp3) is 0.316. The molecular weight excluding hydrogens is 302 g/mol. The highest BCUT2D eigenvalue weighted by Gasteiger charge is 2.17. The summed E-state index contributed by atoms with van der Waals surface area (Å²) in [6.45, 7) is 3.89. The number of quaternary nitrogens is 1. The van der Waals surface area contributed by atoms with Crippen molar-refractivity contribution in [2.24, 2.45) is 0 Å². The minimum atomic E-state index is -0.0793. The predicted molar refractivity (Wildman–Crippen MR) is 95.9 cm³/mol. The molecule has 5 heteroatoms. The standard InChI is InChI=1S/C19H23N3O2/c1-21-9-11-22(12-10-21)20-19(23)8-4-15-3-5-17-14-18(24-2)7-6-16(17)13-15/h3-8,13-14H,9-12H2,1-2H3,(H,20,23)/p+1/b8-4+. The van der Waals surface area contributed by atoms with E-state index in [4.69, 9.17) is 4.74 Å². The number of nitrogens with one attached hydrogen (secondary N) is 2. The Balaban J connectivity index is 1.63. The van der Waals surface area contributed by atoms with Crippen molar-refractivity contribution in [3.05, 3.63) is 48.0 Å². The summed E-state index contributed by atoms with van der Waals surface area (Å²) in [5.74, 6) is 0.767. The third kappa shape index (κ3) is 4.13. The SMILES string of the molecule is COc1ccc2cc(/C=C/C(=O)NN3CC[NH+](C)CC3)ccc2c1. The number of amides is 1. The van der Waals surface area contributed by atoms with Crippen LogP contribution in [0.3, 0.4) is 0 Å². The average molecular weight is 326 g/mol. The van der Waals surface area contributed by atoms with Crippen LogP contribution in [-0.2, 0) is 4.79 Å². The normalized spacial score (nSPS) is 16.6. The number of ether oxygens (including phenoxy) is 1. The number of hydrogen-bond donors (Lipinski definition) is 2. The molecule has 24 heavy (non-hydrogen) atoms. The highest BCUT2D eigenvalue weighted by atomic mass is 16.5. The molecule has 1 saturated heterocycles. The molecule has 0 unspecified atom stereocenters. The molecule has 1 fully saturated rings. The number of nitrogens with zero attached hydrogens (tertiary/aromatic N) is 1. The molecule has 0 aliphatic carbocycles. The number of piperazine rings is 1. The monoisotopic (exact) mass is 326 g/mol. The topological polar surface area (TPSA) is 46.0 Å². The highest BCUT2D eigenvalue weighted by Crippen LogP contribution is 2.22. The summed E-state index contributed by atoms with van der Waals surface area (Å²) in [7, 11) is 3.84. The number of carbonyl (C=O) groups excluding carboxylic acids is 1. The van der Waals surface area contributed by atoms with E-state index in [9.17, 15) is 4.79 Å². The summed E-state index contributed by atoms with van der Waals surface area (Å²) in [6, 6.07) is 12.1. The summed E-state index contributed by atoms with van der Waals surface area (Å²) in [6.07, 6.45) is 3.44. The van der Waals surface area contributed by atoms with Crippen LogP contribution in [0.4, 0.5) is 0 Å². The Morgan fingerprint density at radius 3 is 2.62 bits per heavy atom. The van der Waals surface area contributed by atoms with Gasteiger partial charge in [0, 0.05) is 6.08 Å². The molecule has 1 heterocycles. The van der Waals surface area contributed by atoms with Gasteiger partial charge in [0.2, 0.25) is 0 Å². The van der Waals surface area contributed by atoms with Crippen molar-refractivity contribution in [1.82, 2.24) is 10.4 Å². The van der Waals surface area contributed by atoms with Gasteiger partial charge in [0.05, 0.1) is 40.3 Å². The quantitative estimate of drug-likeness (QED) is 0.814. The van der Waals surface area contributed by atoms with Gasteiger partial charge in [-0.3, -0.25) is 10.2 Å². The van der Waals surface area contributed by atoms with Crippen LogP contribution in [0.5, 0.6) is 5.75 Å². The van der Waals surface area contributed by atoms with E-state index in [2.05, 4.69) is 18.5 Å². The molecule has 2 aromatic rings. The lowest BCUT2D eigenvalue weighted by Gasteiger charge is -2.29. The zero-order valence-corrected chi connectivity index (χ0v) is 14.2. The van der Waals surface area contributed by atoms with Gasteiger partial charge in [-0.05, 0) is 40.6 Å². The maximum Gasteiger partial charge on any atom is 0.258 e. The van der Waals surface area contributed by atoms with Crippen molar-refractivity contribution >= 4 is 22.8 Å². The summed E-state index contributed by atoms with van der Waals surface area (Å²) < 4.78 is 5.24. The molecule has 5 nitrogen and oxygen atoms in total. The maximum atomic E-state index is 12.1. The van der Waals surface area contributed by atoms with Gasteiger partial charge in [-0.15, -0.1) is 0 Å². The molecule has 0 bridgehead atoms. The number of hydrazine groups is 1. The van der Waals surface area contributed by atoms with Crippen LogP contribution in [0, 0.1) is 0 Å². The Hall–Kier alpha value is -2.37. The average Bonchev–Trinajstić information content (AvgIpc) is 2.61. The van der Waals surface area contributed by atoms with Gasteiger partial charge in [0.1, 0.15) is 5.75 Å². The molecule has 1 aliphatic heterocycles. The molecule has 2 N–H and O–H groups in total. The summed E-state index contributed by atoms with van der Waals surface area (Å²) in [5.41, 5.74) is 3.94. The summed E-state index contributed by atoms with van der Waals surface area (Å²) >= 11 is 0. The molecule has 0 spiro atoms. The number of fused-ring (bicyclic) bond motifs is 1. The molecule has 0 aromatic heterocycles. The van der Waals surface area contributed by atoms with Gasteiger partial charge in [-0.1, -0.05) is 18.2 Å². The Kier molecular flexibility index (Phi) is 5.13. The lowest BCUT2D eigenvalue weighted by atomic mass is 10.1. The Labute approximate surface area is 142 Å². The fourth-order valence-corrected chi connectivity index (χ4v) is 2.84. The predicted octanol–water partition coefficient (Wildman–Crippen LogP) is 0.723. The first-order valence-corrected chi connectivity index (χ1v) is 8.27. The molecule has 2 aromatic carbocycles. The third-order valence-corrected chi connectivity index (χ3v) is 4.38. The van der Waals surface area contributed by atoms with Crippen molar-refractivity contribution in [1.29, 1.82) is 0 Å². The maximum absolute atomic E-state index is 12.1. The Morgan fingerprint density at radius 1 is 1.17 bits per heavy atom. The van der Waals surface area contributed by atoms with Crippen LogP contribution < -0.4 is 15.1 Å². The Morgan fingerprint density at radius 2 is 1.88 bits per heavy atom. The molecule has 3 rings (SSSR count). The first-order valence-electron chi connectivity index (χ1n) is 8.27. The van der Waals surface area contributed by atoms with Gasteiger partial charge >= 0.3 is 0 Å². The van der Waals surface area contributed by atoms with Crippen molar-refractivity contribution in [3.8, 4) is 5.75 Å². The zero-order valence-electron chi connectivity index (χ0n) is 14.2. The second-order valence-corrected chi connectivity index (χ2v) is 6.23. The van der Waals surface area contributed by atoms with Crippen molar-refractivity contribution in [3.63, 3.8) is 0 Å². The molecule has 0 atom stereocenters. The second kappa shape index (κ2) is 7.47. The van der Waals surface area contributed by atoms with E-state index in [1.807, 2.05) is 41.4 Å². The largest absolute Gasteiger partial charge is 0.497 e. The second-order valence-electron chi connectivity index (χ2n) is 6.23. The lowest BCUT2D eigenvalue weighted by Crippen LogP contribution is -3.12. The zero-order chi connectivity index (χ0) is 16.9. The smallest absolute Gasteiger partial charge is 0.258 e. The van der Waals surface area contributed by atoms with Crippen molar-refractivity contribution < 1.29 is 14.4 Å². The number of rotatable bonds is 4. The number of methoxy groups -OCH3 is 1. The Bertz CT molecular complexity index is 749. The first-order chi connectivity index (χ1) is 11.6. The van der Waals surface area contributed by atoms with E-state index in [0.29, 0.717) is 0 Å². The molecule has 1 aliphatic rings.